The predicted octanol–water partition coefficient (Wildman–Crippen LogP) is 2.74. The van der Waals surface area contributed by atoms with Crippen LogP contribution in [-0.4, -0.2) is 53.0 Å². The molecule has 3 heterocycles. The van der Waals surface area contributed by atoms with Crippen LogP contribution in [0.25, 0.3) is 0 Å². The second kappa shape index (κ2) is 6.53. The molecule has 2 fully saturated rings. The number of halogens is 1. The highest BCUT2D eigenvalue weighted by Gasteiger charge is 2.26. The Labute approximate surface area is 135 Å². The first-order valence-electron chi connectivity index (χ1n) is 7.97. The molecule has 0 bridgehead atoms. The Balaban J connectivity index is 1.53. The highest BCUT2D eigenvalue weighted by molar-refractivity contribution is 9.10. The Hall–Kier alpha value is -0.810. The molecule has 0 spiro atoms. The fourth-order valence-electron chi connectivity index (χ4n) is 3.55. The van der Waals surface area contributed by atoms with E-state index < -0.39 is 0 Å². The van der Waals surface area contributed by atoms with Crippen LogP contribution in [0.1, 0.15) is 36.2 Å². The summed E-state index contributed by atoms with van der Waals surface area (Å²) in [4.78, 5) is 17.2. The zero-order valence-electron chi connectivity index (χ0n) is 12.7. The van der Waals surface area contributed by atoms with Crippen LogP contribution in [0.2, 0.25) is 0 Å². The van der Waals surface area contributed by atoms with Crippen LogP contribution in [0.5, 0.6) is 0 Å². The minimum Gasteiger partial charge on any atom is -0.345 e. The first-order valence-corrected chi connectivity index (χ1v) is 8.76. The van der Waals surface area contributed by atoms with E-state index in [1.165, 1.54) is 32.5 Å². The van der Waals surface area contributed by atoms with Gasteiger partial charge in [0, 0.05) is 37.4 Å². The summed E-state index contributed by atoms with van der Waals surface area (Å²) >= 11 is 3.44. The van der Waals surface area contributed by atoms with E-state index in [2.05, 4.69) is 20.8 Å². The standard InChI is InChI=1S/C16H24BrN3O/c1-18-12-14(17)10-15(18)16(21)20-8-4-13(5-9-20)11-19-6-2-3-7-19/h10,12-13H,2-9,11H2,1H3. The summed E-state index contributed by atoms with van der Waals surface area (Å²) in [5.74, 6) is 0.940. The molecular formula is C16H24BrN3O. The molecule has 2 aliphatic rings. The molecule has 0 unspecified atom stereocenters. The van der Waals surface area contributed by atoms with Gasteiger partial charge in [0.25, 0.3) is 5.91 Å². The van der Waals surface area contributed by atoms with Gasteiger partial charge in [0.1, 0.15) is 5.69 Å². The van der Waals surface area contributed by atoms with E-state index in [1.807, 2.05) is 28.8 Å². The van der Waals surface area contributed by atoms with Crippen LogP contribution in [0.3, 0.4) is 0 Å². The Morgan fingerprint density at radius 3 is 2.48 bits per heavy atom. The number of aryl methyl sites for hydroxylation is 1. The fourth-order valence-corrected chi connectivity index (χ4v) is 4.07. The van der Waals surface area contributed by atoms with Gasteiger partial charge < -0.3 is 14.4 Å². The number of carbonyl (C=O) groups is 1. The molecule has 0 atom stereocenters. The minimum absolute atomic E-state index is 0.169. The number of hydrogen-bond acceptors (Lipinski definition) is 2. The Morgan fingerprint density at radius 2 is 1.90 bits per heavy atom. The van der Waals surface area contributed by atoms with Gasteiger partial charge in [-0.3, -0.25) is 4.79 Å². The highest BCUT2D eigenvalue weighted by atomic mass is 79.9. The monoisotopic (exact) mass is 353 g/mol. The van der Waals surface area contributed by atoms with Gasteiger partial charge in [0.2, 0.25) is 0 Å². The maximum absolute atomic E-state index is 12.6. The Bertz CT molecular complexity index is 500. The van der Waals surface area contributed by atoms with Crippen molar-refractivity contribution in [3.05, 3.63) is 22.4 Å². The van der Waals surface area contributed by atoms with E-state index in [0.717, 1.165) is 42.0 Å². The highest BCUT2D eigenvalue weighted by Crippen LogP contribution is 2.23. The smallest absolute Gasteiger partial charge is 0.270 e. The average Bonchev–Trinajstić information content (AvgIpc) is 3.08. The second-order valence-electron chi connectivity index (χ2n) is 6.40. The largest absolute Gasteiger partial charge is 0.345 e. The zero-order valence-corrected chi connectivity index (χ0v) is 14.3. The molecule has 1 aromatic rings. The van der Waals surface area contributed by atoms with Crippen molar-refractivity contribution in [2.75, 3.05) is 32.7 Å². The quantitative estimate of drug-likeness (QED) is 0.835. The lowest BCUT2D eigenvalue weighted by Crippen LogP contribution is -2.41. The molecule has 2 aliphatic heterocycles. The summed E-state index contributed by atoms with van der Waals surface area (Å²) in [6.07, 6.45) is 6.95. The van der Waals surface area contributed by atoms with Crippen molar-refractivity contribution in [1.82, 2.24) is 14.4 Å². The van der Waals surface area contributed by atoms with Gasteiger partial charge >= 0.3 is 0 Å². The van der Waals surface area contributed by atoms with Gasteiger partial charge in [-0.05, 0) is 66.7 Å². The van der Waals surface area contributed by atoms with Crippen LogP contribution in [0.4, 0.5) is 0 Å². The lowest BCUT2D eigenvalue weighted by molar-refractivity contribution is 0.0663. The van der Waals surface area contributed by atoms with Crippen molar-refractivity contribution >= 4 is 21.8 Å². The molecule has 2 saturated heterocycles. The number of nitrogens with zero attached hydrogens (tertiary/aromatic N) is 3. The molecule has 5 heteroatoms. The van der Waals surface area contributed by atoms with Crippen molar-refractivity contribution in [2.45, 2.75) is 25.7 Å². The Kier molecular flexibility index (Phi) is 4.69. The topological polar surface area (TPSA) is 28.5 Å². The number of carbonyl (C=O) groups excluding carboxylic acids is 1. The summed E-state index contributed by atoms with van der Waals surface area (Å²) < 4.78 is 2.88. The molecule has 3 rings (SSSR count). The van der Waals surface area contributed by atoms with Crippen molar-refractivity contribution in [2.24, 2.45) is 13.0 Å². The van der Waals surface area contributed by atoms with Crippen molar-refractivity contribution in [3.8, 4) is 0 Å². The van der Waals surface area contributed by atoms with Crippen LogP contribution in [0, 0.1) is 5.92 Å². The number of amides is 1. The van der Waals surface area contributed by atoms with Gasteiger partial charge in [-0.2, -0.15) is 0 Å². The third-order valence-corrected chi connectivity index (χ3v) is 5.24. The molecular weight excluding hydrogens is 330 g/mol. The molecule has 0 saturated carbocycles. The minimum atomic E-state index is 0.169. The first-order chi connectivity index (χ1) is 10.1. The van der Waals surface area contributed by atoms with Gasteiger partial charge in [-0.25, -0.2) is 0 Å². The van der Waals surface area contributed by atoms with Crippen LogP contribution in [-0.2, 0) is 7.05 Å². The van der Waals surface area contributed by atoms with E-state index in [4.69, 9.17) is 0 Å². The summed E-state index contributed by atoms with van der Waals surface area (Å²) in [5.41, 5.74) is 0.778. The molecule has 1 amide bonds. The molecule has 0 radical (unpaired) electrons. The SMILES string of the molecule is Cn1cc(Br)cc1C(=O)N1CCC(CN2CCCC2)CC1. The fraction of sp³-hybridized carbons (Fsp3) is 0.688. The summed E-state index contributed by atoms with van der Waals surface area (Å²) in [6, 6.07) is 1.92. The third-order valence-electron chi connectivity index (χ3n) is 4.81. The van der Waals surface area contributed by atoms with E-state index >= 15 is 0 Å². The molecule has 0 aliphatic carbocycles. The van der Waals surface area contributed by atoms with Gasteiger partial charge in [0.05, 0.1) is 0 Å². The van der Waals surface area contributed by atoms with Gasteiger partial charge in [-0.1, -0.05) is 0 Å². The molecule has 21 heavy (non-hydrogen) atoms. The van der Waals surface area contributed by atoms with Crippen LogP contribution in [0.15, 0.2) is 16.7 Å². The number of hydrogen-bond donors (Lipinski definition) is 0. The van der Waals surface area contributed by atoms with E-state index in [1.54, 1.807) is 0 Å². The molecule has 0 aromatic carbocycles. The van der Waals surface area contributed by atoms with E-state index in [0.29, 0.717) is 0 Å². The van der Waals surface area contributed by atoms with Crippen LogP contribution < -0.4 is 0 Å². The zero-order chi connectivity index (χ0) is 14.8. The predicted molar refractivity (Wildman–Crippen MR) is 87.4 cm³/mol. The first kappa shape index (κ1) is 15.1. The number of rotatable bonds is 3. The van der Waals surface area contributed by atoms with E-state index in [-0.39, 0.29) is 5.91 Å². The lowest BCUT2D eigenvalue weighted by atomic mass is 9.96. The number of piperidine rings is 1. The Morgan fingerprint density at radius 1 is 1.24 bits per heavy atom. The maximum Gasteiger partial charge on any atom is 0.270 e. The van der Waals surface area contributed by atoms with E-state index in [9.17, 15) is 4.79 Å². The van der Waals surface area contributed by atoms with Crippen molar-refractivity contribution in [1.29, 1.82) is 0 Å². The molecule has 0 N–H and O–H groups in total. The molecule has 116 valence electrons. The third kappa shape index (κ3) is 3.51. The molecule has 1 aromatic heterocycles. The lowest BCUT2D eigenvalue weighted by Gasteiger charge is -2.33. The van der Waals surface area contributed by atoms with Crippen molar-refractivity contribution in [3.63, 3.8) is 0 Å². The molecule has 4 nitrogen and oxygen atoms in total. The second-order valence-corrected chi connectivity index (χ2v) is 7.31. The van der Waals surface area contributed by atoms with Gasteiger partial charge in [-0.15, -0.1) is 0 Å². The summed E-state index contributed by atoms with van der Waals surface area (Å²) in [6.45, 7) is 5.59. The maximum atomic E-state index is 12.6. The number of aromatic nitrogens is 1. The number of likely N-dealkylation sites (tertiary alicyclic amines) is 2. The summed E-state index contributed by atoms with van der Waals surface area (Å²) in [7, 11) is 1.93. The normalized spacial score (nSPS) is 21.1. The van der Waals surface area contributed by atoms with Crippen molar-refractivity contribution < 1.29 is 4.79 Å². The average molecular weight is 354 g/mol. The summed E-state index contributed by atoms with van der Waals surface area (Å²) in [5, 5.41) is 0. The van der Waals surface area contributed by atoms with Crippen LogP contribution >= 0.6 is 15.9 Å². The van der Waals surface area contributed by atoms with Gasteiger partial charge in [0.15, 0.2) is 0 Å².